The fraction of sp³-hybridized carbons (Fsp3) is 0.500. The fourth-order valence-corrected chi connectivity index (χ4v) is 1.67. The van der Waals surface area contributed by atoms with Crippen molar-refractivity contribution in [2.45, 2.75) is 39.3 Å². The number of aliphatic carboxylic acids is 1. The number of ether oxygens (including phenoxy) is 1. The van der Waals surface area contributed by atoms with E-state index in [0.29, 0.717) is 18.7 Å². The van der Waals surface area contributed by atoms with E-state index in [2.05, 4.69) is 5.32 Å². The van der Waals surface area contributed by atoms with Crippen molar-refractivity contribution in [1.29, 1.82) is 0 Å². The third-order valence-electron chi connectivity index (χ3n) is 2.63. The Hall–Kier alpha value is -1.55. The van der Waals surface area contributed by atoms with Crippen molar-refractivity contribution in [1.82, 2.24) is 5.32 Å². The molecule has 1 aromatic rings. The van der Waals surface area contributed by atoms with Gasteiger partial charge in [-0.25, -0.2) is 4.79 Å². The first-order chi connectivity index (χ1) is 8.69. The molecule has 0 amide bonds. The highest BCUT2D eigenvalue weighted by atomic mass is 16.5. The van der Waals surface area contributed by atoms with Crippen LogP contribution in [0.3, 0.4) is 0 Å². The molecule has 4 heteroatoms. The SMILES string of the molecule is CCCC(Oc1ccccc1CNCC)C(=O)O. The highest BCUT2D eigenvalue weighted by molar-refractivity contribution is 5.72. The highest BCUT2D eigenvalue weighted by Gasteiger charge is 2.19. The molecule has 0 heterocycles. The summed E-state index contributed by atoms with van der Waals surface area (Å²) in [4.78, 5) is 11.1. The summed E-state index contributed by atoms with van der Waals surface area (Å²) in [6.45, 7) is 5.53. The maximum Gasteiger partial charge on any atom is 0.344 e. The smallest absolute Gasteiger partial charge is 0.344 e. The number of carbonyl (C=O) groups is 1. The number of carboxylic acid groups (broad SMARTS) is 1. The van der Waals surface area contributed by atoms with Crippen molar-refractivity contribution in [3.8, 4) is 5.75 Å². The molecule has 4 nitrogen and oxygen atoms in total. The number of rotatable bonds is 8. The van der Waals surface area contributed by atoms with Crippen molar-refractivity contribution in [2.24, 2.45) is 0 Å². The second kappa shape index (κ2) is 7.71. The normalized spacial score (nSPS) is 12.1. The minimum absolute atomic E-state index is 0.519. The predicted molar refractivity (Wildman–Crippen MR) is 70.8 cm³/mol. The van der Waals surface area contributed by atoms with Crippen molar-refractivity contribution in [3.05, 3.63) is 29.8 Å². The van der Waals surface area contributed by atoms with Gasteiger partial charge in [0.25, 0.3) is 0 Å². The number of para-hydroxylation sites is 1. The van der Waals surface area contributed by atoms with Crippen LogP contribution in [0.4, 0.5) is 0 Å². The zero-order valence-electron chi connectivity index (χ0n) is 11.0. The molecule has 18 heavy (non-hydrogen) atoms. The quantitative estimate of drug-likeness (QED) is 0.745. The molecule has 0 fully saturated rings. The average molecular weight is 251 g/mol. The van der Waals surface area contributed by atoms with Gasteiger partial charge in [0.1, 0.15) is 5.75 Å². The summed E-state index contributed by atoms with van der Waals surface area (Å²) in [5.74, 6) is -0.255. The Morgan fingerprint density at radius 1 is 1.39 bits per heavy atom. The largest absolute Gasteiger partial charge is 0.479 e. The number of hydrogen-bond donors (Lipinski definition) is 2. The molecule has 0 spiro atoms. The molecular formula is C14H21NO3. The van der Waals surface area contributed by atoms with Crippen LogP contribution in [-0.2, 0) is 11.3 Å². The Morgan fingerprint density at radius 2 is 2.11 bits per heavy atom. The lowest BCUT2D eigenvalue weighted by atomic mass is 10.1. The molecule has 1 rings (SSSR count). The van der Waals surface area contributed by atoms with E-state index >= 15 is 0 Å². The maximum absolute atomic E-state index is 11.1. The molecule has 2 N–H and O–H groups in total. The Balaban J connectivity index is 2.77. The van der Waals surface area contributed by atoms with Crippen molar-refractivity contribution in [2.75, 3.05) is 6.54 Å². The molecule has 0 bridgehead atoms. The van der Waals surface area contributed by atoms with Crippen LogP contribution in [0.1, 0.15) is 32.3 Å². The van der Waals surface area contributed by atoms with Gasteiger partial charge >= 0.3 is 5.97 Å². The summed E-state index contributed by atoms with van der Waals surface area (Å²) in [5.41, 5.74) is 0.988. The first-order valence-corrected chi connectivity index (χ1v) is 6.37. The van der Waals surface area contributed by atoms with E-state index in [1.54, 1.807) is 0 Å². The zero-order chi connectivity index (χ0) is 13.4. The van der Waals surface area contributed by atoms with Crippen LogP contribution in [-0.4, -0.2) is 23.7 Å². The van der Waals surface area contributed by atoms with Gasteiger partial charge in [-0.3, -0.25) is 0 Å². The van der Waals surface area contributed by atoms with Crippen molar-refractivity contribution >= 4 is 5.97 Å². The lowest BCUT2D eigenvalue weighted by Crippen LogP contribution is -2.27. The van der Waals surface area contributed by atoms with Gasteiger partial charge in [0, 0.05) is 12.1 Å². The van der Waals surface area contributed by atoms with Gasteiger partial charge < -0.3 is 15.2 Å². The average Bonchev–Trinajstić information content (AvgIpc) is 2.37. The van der Waals surface area contributed by atoms with E-state index in [0.717, 1.165) is 18.5 Å². The summed E-state index contributed by atoms with van der Waals surface area (Å²) < 4.78 is 5.60. The van der Waals surface area contributed by atoms with Gasteiger partial charge in [-0.2, -0.15) is 0 Å². The molecule has 0 aliphatic heterocycles. The summed E-state index contributed by atoms with van der Waals surface area (Å²) in [5, 5.41) is 12.3. The van der Waals surface area contributed by atoms with Crippen LogP contribution in [0.25, 0.3) is 0 Å². The van der Waals surface area contributed by atoms with Crippen molar-refractivity contribution < 1.29 is 14.6 Å². The third kappa shape index (κ3) is 4.37. The van der Waals surface area contributed by atoms with Crippen LogP contribution in [0.5, 0.6) is 5.75 Å². The Labute approximate surface area is 108 Å². The van der Waals surface area contributed by atoms with E-state index in [9.17, 15) is 4.79 Å². The first kappa shape index (κ1) is 14.5. The Morgan fingerprint density at radius 3 is 2.72 bits per heavy atom. The molecule has 0 radical (unpaired) electrons. The van der Waals surface area contributed by atoms with Crippen LogP contribution in [0.2, 0.25) is 0 Å². The lowest BCUT2D eigenvalue weighted by Gasteiger charge is -2.17. The van der Waals surface area contributed by atoms with E-state index in [4.69, 9.17) is 9.84 Å². The molecule has 1 unspecified atom stereocenters. The van der Waals surface area contributed by atoms with E-state index in [1.807, 2.05) is 38.1 Å². The number of hydrogen-bond acceptors (Lipinski definition) is 3. The topological polar surface area (TPSA) is 58.6 Å². The second-order valence-electron chi connectivity index (χ2n) is 4.12. The Kier molecular flexibility index (Phi) is 6.22. The molecule has 1 atom stereocenters. The molecule has 0 aromatic heterocycles. The van der Waals surface area contributed by atoms with Gasteiger partial charge in [0.05, 0.1) is 0 Å². The summed E-state index contributed by atoms with van der Waals surface area (Å²) >= 11 is 0. The highest BCUT2D eigenvalue weighted by Crippen LogP contribution is 2.20. The molecule has 0 saturated carbocycles. The molecule has 100 valence electrons. The number of benzene rings is 1. The van der Waals surface area contributed by atoms with E-state index < -0.39 is 12.1 Å². The summed E-state index contributed by atoms with van der Waals surface area (Å²) in [6, 6.07) is 7.55. The Bertz CT molecular complexity index is 379. The number of carboxylic acids is 1. The second-order valence-corrected chi connectivity index (χ2v) is 4.12. The first-order valence-electron chi connectivity index (χ1n) is 6.37. The molecule has 0 saturated heterocycles. The standard InChI is InChI=1S/C14H21NO3/c1-3-7-13(14(16)17)18-12-9-6-5-8-11(12)10-15-4-2/h5-6,8-9,13,15H,3-4,7,10H2,1-2H3,(H,16,17). The monoisotopic (exact) mass is 251 g/mol. The van der Waals surface area contributed by atoms with Crippen LogP contribution < -0.4 is 10.1 Å². The number of nitrogens with one attached hydrogen (secondary N) is 1. The van der Waals surface area contributed by atoms with E-state index in [-0.39, 0.29) is 0 Å². The van der Waals surface area contributed by atoms with Gasteiger partial charge in [-0.1, -0.05) is 38.5 Å². The van der Waals surface area contributed by atoms with E-state index in [1.165, 1.54) is 0 Å². The summed E-state index contributed by atoms with van der Waals surface area (Å²) in [7, 11) is 0. The van der Waals surface area contributed by atoms with Gasteiger partial charge in [0.2, 0.25) is 0 Å². The van der Waals surface area contributed by atoms with Gasteiger partial charge in [-0.15, -0.1) is 0 Å². The minimum atomic E-state index is -0.907. The molecular weight excluding hydrogens is 230 g/mol. The van der Waals surface area contributed by atoms with Gasteiger partial charge in [0.15, 0.2) is 6.10 Å². The summed E-state index contributed by atoms with van der Waals surface area (Å²) in [6.07, 6.45) is 0.537. The predicted octanol–water partition coefficient (Wildman–Crippen LogP) is 2.43. The van der Waals surface area contributed by atoms with Crippen molar-refractivity contribution in [3.63, 3.8) is 0 Å². The van der Waals surface area contributed by atoms with Crippen LogP contribution in [0, 0.1) is 0 Å². The fourth-order valence-electron chi connectivity index (χ4n) is 1.67. The third-order valence-corrected chi connectivity index (χ3v) is 2.63. The minimum Gasteiger partial charge on any atom is -0.479 e. The molecule has 0 aliphatic carbocycles. The molecule has 1 aromatic carbocycles. The zero-order valence-corrected chi connectivity index (χ0v) is 11.0. The maximum atomic E-state index is 11.1. The van der Waals surface area contributed by atoms with Crippen LogP contribution >= 0.6 is 0 Å². The van der Waals surface area contributed by atoms with Gasteiger partial charge in [-0.05, 0) is 19.0 Å². The molecule has 0 aliphatic rings. The van der Waals surface area contributed by atoms with Crippen LogP contribution in [0.15, 0.2) is 24.3 Å². The lowest BCUT2D eigenvalue weighted by molar-refractivity contribution is -0.145.